The fourth-order valence-corrected chi connectivity index (χ4v) is 3.86. The van der Waals surface area contributed by atoms with Gasteiger partial charge in [-0.1, -0.05) is 36.0 Å². The van der Waals surface area contributed by atoms with Crippen molar-refractivity contribution in [1.29, 1.82) is 0 Å². The Bertz CT molecular complexity index is 981. The first kappa shape index (κ1) is 19.5. The minimum Gasteiger partial charge on any atom is -0.378 e. The van der Waals surface area contributed by atoms with Gasteiger partial charge in [-0.2, -0.15) is 0 Å². The van der Waals surface area contributed by atoms with Crippen molar-refractivity contribution in [2.24, 2.45) is 0 Å². The van der Waals surface area contributed by atoms with Crippen LogP contribution in [-0.2, 0) is 16.1 Å². The number of fused-ring (bicyclic) bond motifs is 1. The van der Waals surface area contributed by atoms with Gasteiger partial charge in [0, 0.05) is 25.2 Å². The lowest BCUT2D eigenvalue weighted by Gasteiger charge is -2.27. The zero-order valence-electron chi connectivity index (χ0n) is 15.9. The number of amides is 2. The third-order valence-electron chi connectivity index (χ3n) is 4.67. The molecule has 1 aliphatic rings. The highest BCUT2D eigenvalue weighted by Crippen LogP contribution is 2.19. The summed E-state index contributed by atoms with van der Waals surface area (Å²) in [5, 5.41) is 3.62. The molecule has 4 rings (SSSR count). The van der Waals surface area contributed by atoms with Crippen molar-refractivity contribution in [1.82, 2.24) is 20.2 Å². The summed E-state index contributed by atoms with van der Waals surface area (Å²) in [7, 11) is 0. The number of hydrogen-bond donors (Lipinski definition) is 2. The fraction of sp³-hybridized carbons (Fsp3) is 0.286. The second kappa shape index (κ2) is 9.11. The highest BCUT2D eigenvalue weighted by Gasteiger charge is 2.18. The molecular weight excluding hydrogens is 388 g/mol. The van der Waals surface area contributed by atoms with E-state index >= 15 is 0 Å². The number of hydrogen-bond acceptors (Lipinski definition) is 5. The monoisotopic (exact) mass is 410 g/mol. The summed E-state index contributed by atoms with van der Waals surface area (Å²) in [4.78, 5) is 34.2. The topological polar surface area (TPSA) is 87.3 Å². The van der Waals surface area contributed by atoms with Gasteiger partial charge in [-0.25, -0.2) is 4.98 Å². The van der Waals surface area contributed by atoms with Crippen molar-refractivity contribution < 1.29 is 14.3 Å². The summed E-state index contributed by atoms with van der Waals surface area (Å²) < 4.78 is 5.30. The van der Waals surface area contributed by atoms with E-state index in [0.717, 1.165) is 21.8 Å². The maximum Gasteiger partial charge on any atom is 0.254 e. The Labute approximate surface area is 172 Å². The zero-order chi connectivity index (χ0) is 20.1. The first-order chi connectivity index (χ1) is 14.2. The number of carbonyl (C=O) groups excluding carboxylic acids is 2. The zero-order valence-corrected chi connectivity index (χ0v) is 16.7. The average molecular weight is 410 g/mol. The third kappa shape index (κ3) is 4.96. The minimum atomic E-state index is -0.0830. The van der Waals surface area contributed by atoms with Gasteiger partial charge in [0.15, 0.2) is 5.16 Å². The summed E-state index contributed by atoms with van der Waals surface area (Å²) >= 11 is 1.36. The molecule has 7 nitrogen and oxygen atoms in total. The number of benzene rings is 2. The maximum absolute atomic E-state index is 12.6. The van der Waals surface area contributed by atoms with Crippen LogP contribution in [0.2, 0.25) is 0 Å². The van der Waals surface area contributed by atoms with Crippen LogP contribution in [0.15, 0.2) is 53.7 Å². The molecule has 1 aromatic heterocycles. The van der Waals surface area contributed by atoms with Gasteiger partial charge in [0.2, 0.25) is 5.91 Å². The van der Waals surface area contributed by atoms with E-state index in [1.807, 2.05) is 42.5 Å². The van der Waals surface area contributed by atoms with E-state index in [1.165, 1.54) is 11.8 Å². The number of thioether (sulfide) groups is 1. The van der Waals surface area contributed by atoms with Crippen LogP contribution in [0.3, 0.4) is 0 Å². The molecule has 0 radical (unpaired) electrons. The number of nitrogens with one attached hydrogen (secondary N) is 2. The van der Waals surface area contributed by atoms with Crippen molar-refractivity contribution >= 4 is 34.6 Å². The maximum atomic E-state index is 12.6. The van der Waals surface area contributed by atoms with Crippen LogP contribution >= 0.6 is 11.8 Å². The molecule has 2 N–H and O–H groups in total. The summed E-state index contributed by atoms with van der Waals surface area (Å²) in [6, 6.07) is 15.2. The Morgan fingerprint density at radius 3 is 2.79 bits per heavy atom. The molecular formula is C21H22N4O3S. The number of para-hydroxylation sites is 2. The van der Waals surface area contributed by atoms with E-state index in [2.05, 4.69) is 15.3 Å². The molecule has 1 saturated heterocycles. The summed E-state index contributed by atoms with van der Waals surface area (Å²) in [6.07, 6.45) is 0. The first-order valence-electron chi connectivity index (χ1n) is 9.49. The van der Waals surface area contributed by atoms with E-state index in [1.54, 1.807) is 11.0 Å². The number of rotatable bonds is 6. The predicted molar refractivity (Wildman–Crippen MR) is 112 cm³/mol. The van der Waals surface area contributed by atoms with Gasteiger partial charge in [0.25, 0.3) is 5.91 Å². The average Bonchev–Trinajstić information content (AvgIpc) is 3.19. The minimum absolute atomic E-state index is 0.00178. The third-order valence-corrected chi connectivity index (χ3v) is 5.54. The number of H-pyrrole nitrogens is 1. The number of nitrogens with zero attached hydrogens (tertiary/aromatic N) is 2. The van der Waals surface area contributed by atoms with Gasteiger partial charge in [-0.05, 0) is 29.8 Å². The van der Waals surface area contributed by atoms with Crippen LogP contribution in [-0.4, -0.2) is 58.7 Å². The van der Waals surface area contributed by atoms with Crippen LogP contribution in [0, 0.1) is 0 Å². The Kier molecular flexibility index (Phi) is 6.12. The lowest BCUT2D eigenvalue weighted by atomic mass is 10.1. The molecule has 0 atom stereocenters. The van der Waals surface area contributed by atoms with Crippen molar-refractivity contribution in [3.05, 3.63) is 59.7 Å². The van der Waals surface area contributed by atoms with E-state index < -0.39 is 0 Å². The molecule has 1 fully saturated rings. The van der Waals surface area contributed by atoms with E-state index in [0.29, 0.717) is 38.4 Å². The number of aromatic amines is 1. The smallest absolute Gasteiger partial charge is 0.254 e. The summed E-state index contributed by atoms with van der Waals surface area (Å²) in [5.74, 6) is 0.189. The summed E-state index contributed by atoms with van der Waals surface area (Å²) in [6.45, 7) is 2.75. The Hall–Kier alpha value is -2.84. The number of ether oxygens (including phenoxy) is 1. The van der Waals surface area contributed by atoms with E-state index in [4.69, 9.17) is 4.74 Å². The fourth-order valence-electron chi connectivity index (χ4n) is 3.15. The normalized spacial score (nSPS) is 14.1. The van der Waals surface area contributed by atoms with E-state index in [9.17, 15) is 9.59 Å². The molecule has 0 saturated carbocycles. The van der Waals surface area contributed by atoms with E-state index in [-0.39, 0.29) is 17.6 Å². The SMILES string of the molecule is O=C(CSc1nc2ccccc2[nH]1)NCc1cccc(C(=O)N2CCOCC2)c1. The standard InChI is InChI=1S/C21H22N4O3S/c26-19(14-29-21-23-17-6-1-2-7-18(17)24-21)22-13-15-4-3-5-16(12-15)20(27)25-8-10-28-11-9-25/h1-7,12H,8-11,13-14H2,(H,22,26)(H,23,24). The Balaban J connectivity index is 1.29. The number of carbonyl (C=O) groups is 2. The van der Waals surface area contributed by atoms with Crippen molar-refractivity contribution in [3.63, 3.8) is 0 Å². The second-order valence-corrected chi connectivity index (χ2v) is 7.69. The van der Waals surface area contributed by atoms with Crippen molar-refractivity contribution in [2.45, 2.75) is 11.7 Å². The van der Waals surface area contributed by atoms with Gasteiger partial charge in [-0.3, -0.25) is 9.59 Å². The number of imidazole rings is 1. The molecule has 2 heterocycles. The summed E-state index contributed by atoms with van der Waals surface area (Å²) in [5.41, 5.74) is 3.37. The molecule has 29 heavy (non-hydrogen) atoms. The highest BCUT2D eigenvalue weighted by molar-refractivity contribution is 7.99. The number of aromatic nitrogens is 2. The molecule has 2 aromatic carbocycles. The Morgan fingerprint density at radius 2 is 1.97 bits per heavy atom. The van der Waals surface area contributed by atoms with Crippen LogP contribution in [0.4, 0.5) is 0 Å². The largest absolute Gasteiger partial charge is 0.378 e. The molecule has 2 amide bonds. The molecule has 0 spiro atoms. The van der Waals surface area contributed by atoms with Gasteiger partial charge in [0.05, 0.1) is 30.0 Å². The lowest BCUT2D eigenvalue weighted by molar-refractivity contribution is -0.118. The van der Waals surface area contributed by atoms with Gasteiger partial charge < -0.3 is 19.9 Å². The van der Waals surface area contributed by atoms with Crippen molar-refractivity contribution in [2.75, 3.05) is 32.1 Å². The molecule has 3 aromatic rings. The van der Waals surface area contributed by atoms with Gasteiger partial charge >= 0.3 is 0 Å². The Morgan fingerprint density at radius 1 is 1.14 bits per heavy atom. The molecule has 1 aliphatic heterocycles. The van der Waals surface area contributed by atoms with Crippen LogP contribution in [0.1, 0.15) is 15.9 Å². The molecule has 0 bridgehead atoms. The van der Waals surface area contributed by atoms with Crippen LogP contribution < -0.4 is 5.32 Å². The molecule has 8 heteroatoms. The number of morpholine rings is 1. The lowest BCUT2D eigenvalue weighted by Crippen LogP contribution is -2.40. The molecule has 0 aliphatic carbocycles. The highest BCUT2D eigenvalue weighted by atomic mass is 32.2. The molecule has 0 unspecified atom stereocenters. The van der Waals surface area contributed by atoms with Crippen molar-refractivity contribution in [3.8, 4) is 0 Å². The van der Waals surface area contributed by atoms with Crippen LogP contribution in [0.25, 0.3) is 11.0 Å². The molecule has 150 valence electrons. The predicted octanol–water partition coefficient (Wildman–Crippen LogP) is 2.44. The van der Waals surface area contributed by atoms with Gasteiger partial charge in [0.1, 0.15) is 0 Å². The van der Waals surface area contributed by atoms with Crippen LogP contribution in [0.5, 0.6) is 0 Å². The first-order valence-corrected chi connectivity index (χ1v) is 10.5. The van der Waals surface area contributed by atoms with Gasteiger partial charge in [-0.15, -0.1) is 0 Å². The second-order valence-electron chi connectivity index (χ2n) is 6.73. The quantitative estimate of drug-likeness (QED) is 0.610.